The zero-order valence-electron chi connectivity index (χ0n) is 13.8. The molecule has 0 spiro atoms. The van der Waals surface area contributed by atoms with Crippen LogP contribution in [0.5, 0.6) is 0 Å². The Morgan fingerprint density at radius 3 is 2.57 bits per heavy atom. The molecular weight excluding hydrogens is 256 g/mol. The Kier molecular flexibility index (Phi) is 4.66. The predicted octanol–water partition coefficient (Wildman–Crippen LogP) is 3.77. The largest absolute Gasteiger partial charge is 0.309 e. The number of nitrogens with one attached hydrogen (secondary N) is 1. The summed E-state index contributed by atoms with van der Waals surface area (Å²) in [5.41, 5.74) is 3.07. The summed E-state index contributed by atoms with van der Waals surface area (Å²) in [5, 5.41) is 3.74. The van der Waals surface area contributed by atoms with Gasteiger partial charge in [0.05, 0.1) is 0 Å². The molecule has 3 rings (SSSR count). The van der Waals surface area contributed by atoms with Gasteiger partial charge in [-0.3, -0.25) is 4.90 Å². The molecule has 2 unspecified atom stereocenters. The first kappa shape index (κ1) is 15.1. The van der Waals surface area contributed by atoms with Crippen LogP contribution in [0.1, 0.15) is 56.7 Å². The van der Waals surface area contributed by atoms with E-state index in [2.05, 4.69) is 55.4 Å². The van der Waals surface area contributed by atoms with Gasteiger partial charge in [0.2, 0.25) is 0 Å². The molecule has 2 heteroatoms. The van der Waals surface area contributed by atoms with Crippen molar-refractivity contribution in [3.63, 3.8) is 0 Å². The lowest BCUT2D eigenvalue weighted by molar-refractivity contribution is 0.106. The molecular formula is C19H30N2. The van der Waals surface area contributed by atoms with Gasteiger partial charge in [-0.15, -0.1) is 0 Å². The molecule has 2 atom stereocenters. The lowest BCUT2D eigenvalue weighted by Gasteiger charge is -2.39. The van der Waals surface area contributed by atoms with E-state index in [9.17, 15) is 0 Å². The van der Waals surface area contributed by atoms with Crippen LogP contribution < -0.4 is 5.32 Å². The van der Waals surface area contributed by atoms with Gasteiger partial charge in [-0.2, -0.15) is 0 Å². The fourth-order valence-corrected chi connectivity index (χ4v) is 4.34. The van der Waals surface area contributed by atoms with Gasteiger partial charge in [-0.1, -0.05) is 38.1 Å². The van der Waals surface area contributed by atoms with Crippen LogP contribution in [0.2, 0.25) is 0 Å². The molecule has 2 aliphatic rings. The zero-order chi connectivity index (χ0) is 14.8. The number of hydrogen-bond donors (Lipinski definition) is 1. The van der Waals surface area contributed by atoms with E-state index in [-0.39, 0.29) is 0 Å². The van der Waals surface area contributed by atoms with Crippen molar-refractivity contribution in [2.24, 2.45) is 5.92 Å². The summed E-state index contributed by atoms with van der Waals surface area (Å²) >= 11 is 0. The highest BCUT2D eigenvalue weighted by atomic mass is 15.2. The van der Waals surface area contributed by atoms with Crippen molar-refractivity contribution in [1.29, 1.82) is 0 Å². The molecule has 0 aliphatic heterocycles. The third kappa shape index (κ3) is 3.02. The fourth-order valence-electron chi connectivity index (χ4n) is 4.34. The fraction of sp³-hybridized carbons (Fsp3) is 0.684. The third-order valence-corrected chi connectivity index (χ3v) is 5.71. The third-order valence-electron chi connectivity index (χ3n) is 5.71. The molecule has 116 valence electrons. The van der Waals surface area contributed by atoms with E-state index in [4.69, 9.17) is 0 Å². The molecule has 2 aliphatic carbocycles. The van der Waals surface area contributed by atoms with Gasteiger partial charge in [0.1, 0.15) is 0 Å². The summed E-state index contributed by atoms with van der Waals surface area (Å²) < 4.78 is 0. The highest BCUT2D eigenvalue weighted by Crippen LogP contribution is 2.37. The van der Waals surface area contributed by atoms with Crippen LogP contribution in [0.15, 0.2) is 24.3 Å². The molecule has 1 N–H and O–H groups in total. The van der Waals surface area contributed by atoms with Crippen molar-refractivity contribution in [3.8, 4) is 0 Å². The molecule has 1 fully saturated rings. The summed E-state index contributed by atoms with van der Waals surface area (Å²) in [4.78, 5) is 2.69. The molecule has 1 saturated carbocycles. The lowest BCUT2D eigenvalue weighted by atomic mass is 9.86. The minimum Gasteiger partial charge on any atom is -0.309 e. The summed E-state index contributed by atoms with van der Waals surface area (Å²) in [5.74, 6) is 0.931. The van der Waals surface area contributed by atoms with E-state index >= 15 is 0 Å². The monoisotopic (exact) mass is 286 g/mol. The van der Waals surface area contributed by atoms with E-state index in [1.54, 1.807) is 5.56 Å². The minimum atomic E-state index is 0.510. The van der Waals surface area contributed by atoms with Crippen molar-refractivity contribution in [1.82, 2.24) is 10.2 Å². The van der Waals surface area contributed by atoms with Gasteiger partial charge in [-0.25, -0.2) is 0 Å². The maximum Gasteiger partial charge on any atom is 0.0484 e. The molecule has 21 heavy (non-hydrogen) atoms. The standard InChI is InChI=1S/C19H30N2/c1-4-20-19-17-8-6-5-7-15(17)13-18(19)21(3)16-11-9-14(2)10-12-16/h5-8,14,16,18-20H,4,9-13H2,1-3H3. The maximum atomic E-state index is 3.74. The average molecular weight is 286 g/mol. The lowest BCUT2D eigenvalue weighted by Crippen LogP contribution is -2.47. The van der Waals surface area contributed by atoms with Crippen molar-refractivity contribution >= 4 is 0 Å². The number of likely N-dealkylation sites (N-methyl/N-ethyl adjacent to an activating group) is 2. The van der Waals surface area contributed by atoms with Gasteiger partial charge in [0.15, 0.2) is 0 Å². The Morgan fingerprint density at radius 1 is 1.14 bits per heavy atom. The van der Waals surface area contributed by atoms with Gasteiger partial charge >= 0.3 is 0 Å². The van der Waals surface area contributed by atoms with E-state index in [1.807, 2.05) is 0 Å². The normalized spacial score (nSPS) is 32.4. The number of hydrogen-bond acceptors (Lipinski definition) is 2. The Morgan fingerprint density at radius 2 is 1.86 bits per heavy atom. The SMILES string of the molecule is CCNC1c2ccccc2CC1N(C)C1CCC(C)CC1. The summed E-state index contributed by atoms with van der Waals surface area (Å²) in [7, 11) is 2.36. The number of nitrogens with zero attached hydrogens (tertiary/aromatic N) is 1. The van der Waals surface area contributed by atoms with Crippen LogP contribution >= 0.6 is 0 Å². The van der Waals surface area contributed by atoms with Crippen molar-refractivity contribution in [2.45, 2.75) is 64.1 Å². The minimum absolute atomic E-state index is 0.510. The van der Waals surface area contributed by atoms with Gasteiger partial charge in [0.25, 0.3) is 0 Å². The van der Waals surface area contributed by atoms with E-state index in [1.165, 1.54) is 37.7 Å². The second kappa shape index (κ2) is 6.50. The van der Waals surface area contributed by atoms with Crippen LogP contribution in [0.25, 0.3) is 0 Å². The Bertz CT molecular complexity index is 462. The van der Waals surface area contributed by atoms with E-state index in [0.29, 0.717) is 12.1 Å². The summed E-state index contributed by atoms with van der Waals surface area (Å²) in [6, 6.07) is 10.9. The van der Waals surface area contributed by atoms with Crippen LogP contribution in [0.4, 0.5) is 0 Å². The molecule has 1 aromatic rings. The maximum absolute atomic E-state index is 3.74. The quantitative estimate of drug-likeness (QED) is 0.906. The van der Waals surface area contributed by atoms with E-state index < -0.39 is 0 Å². The van der Waals surface area contributed by atoms with Crippen molar-refractivity contribution < 1.29 is 0 Å². The Hall–Kier alpha value is -0.860. The van der Waals surface area contributed by atoms with Gasteiger partial charge < -0.3 is 5.32 Å². The molecule has 0 heterocycles. The van der Waals surface area contributed by atoms with Crippen molar-refractivity contribution in [2.75, 3.05) is 13.6 Å². The smallest absolute Gasteiger partial charge is 0.0484 e. The van der Waals surface area contributed by atoms with Crippen molar-refractivity contribution in [3.05, 3.63) is 35.4 Å². The first-order valence-electron chi connectivity index (χ1n) is 8.73. The Labute approximate surface area is 129 Å². The highest BCUT2D eigenvalue weighted by molar-refractivity contribution is 5.37. The summed E-state index contributed by atoms with van der Waals surface area (Å²) in [6.45, 7) is 5.68. The van der Waals surface area contributed by atoms with Crippen LogP contribution in [-0.4, -0.2) is 30.6 Å². The molecule has 0 aromatic heterocycles. The second-order valence-corrected chi connectivity index (χ2v) is 7.08. The first-order chi connectivity index (χ1) is 10.2. The van der Waals surface area contributed by atoms with Crippen LogP contribution in [0, 0.1) is 5.92 Å². The zero-order valence-corrected chi connectivity index (χ0v) is 13.8. The van der Waals surface area contributed by atoms with Crippen LogP contribution in [0.3, 0.4) is 0 Å². The van der Waals surface area contributed by atoms with Gasteiger partial charge in [0, 0.05) is 18.1 Å². The first-order valence-corrected chi connectivity index (χ1v) is 8.73. The molecule has 1 aromatic carbocycles. The Balaban J connectivity index is 1.75. The molecule has 2 nitrogen and oxygen atoms in total. The second-order valence-electron chi connectivity index (χ2n) is 7.08. The summed E-state index contributed by atoms with van der Waals surface area (Å²) in [6.07, 6.45) is 6.77. The number of rotatable bonds is 4. The molecule has 0 bridgehead atoms. The number of fused-ring (bicyclic) bond motifs is 1. The van der Waals surface area contributed by atoms with Gasteiger partial charge in [-0.05, 0) is 62.7 Å². The highest BCUT2D eigenvalue weighted by Gasteiger charge is 2.37. The predicted molar refractivity (Wildman–Crippen MR) is 89.5 cm³/mol. The van der Waals surface area contributed by atoms with Crippen LogP contribution in [-0.2, 0) is 6.42 Å². The number of benzene rings is 1. The molecule has 0 radical (unpaired) electrons. The van der Waals surface area contributed by atoms with E-state index in [0.717, 1.165) is 18.5 Å². The molecule has 0 amide bonds. The topological polar surface area (TPSA) is 15.3 Å². The average Bonchev–Trinajstić information content (AvgIpc) is 2.87. The molecule has 0 saturated heterocycles.